The molecule has 0 bridgehead atoms. The van der Waals surface area contributed by atoms with E-state index in [1.807, 2.05) is 0 Å². The molecule has 1 saturated heterocycles. The van der Waals surface area contributed by atoms with Crippen molar-refractivity contribution in [1.29, 1.82) is 0 Å². The number of piperidine rings is 1. The highest BCUT2D eigenvalue weighted by molar-refractivity contribution is 5.95. The molecule has 0 aromatic heterocycles. The Kier molecular flexibility index (Phi) is 3.17. The molecule has 0 atom stereocenters. The Morgan fingerprint density at radius 3 is 2.47 bits per heavy atom. The molecule has 1 amide bonds. The van der Waals surface area contributed by atoms with E-state index in [1.54, 1.807) is 0 Å². The van der Waals surface area contributed by atoms with E-state index in [1.165, 1.54) is 4.90 Å². The van der Waals surface area contributed by atoms with Crippen LogP contribution < -0.4 is 0 Å². The first kappa shape index (κ1) is 11.7. The second-order valence-corrected chi connectivity index (χ2v) is 3.96. The number of likely N-dealkylation sites (tertiary alicyclic amines) is 1. The van der Waals surface area contributed by atoms with E-state index in [9.17, 15) is 18.4 Å². The summed E-state index contributed by atoms with van der Waals surface area (Å²) in [5.41, 5.74) is -0.278. The van der Waals surface area contributed by atoms with Crippen LogP contribution in [0.5, 0.6) is 0 Å². The van der Waals surface area contributed by atoms with Crippen molar-refractivity contribution in [1.82, 2.24) is 4.90 Å². The molecule has 0 radical (unpaired) electrons. The minimum atomic E-state index is -0.742. The zero-order valence-corrected chi connectivity index (χ0v) is 9.08. The highest BCUT2D eigenvalue weighted by Gasteiger charge is 2.24. The van der Waals surface area contributed by atoms with Gasteiger partial charge in [-0.05, 0) is 18.2 Å². The number of nitrogens with zero attached hydrogens (tertiary/aromatic N) is 1. The summed E-state index contributed by atoms with van der Waals surface area (Å²) in [6.07, 6.45) is 0.561. The molecule has 0 saturated carbocycles. The third-order valence-corrected chi connectivity index (χ3v) is 2.77. The van der Waals surface area contributed by atoms with E-state index in [-0.39, 0.29) is 37.3 Å². The van der Waals surface area contributed by atoms with Crippen LogP contribution in [-0.2, 0) is 4.79 Å². The molecule has 0 spiro atoms. The van der Waals surface area contributed by atoms with Crippen molar-refractivity contribution in [2.24, 2.45) is 0 Å². The Morgan fingerprint density at radius 1 is 1.18 bits per heavy atom. The maximum atomic E-state index is 13.4. The number of carbonyl (C=O) groups is 2. The number of halogens is 2. The number of carbonyl (C=O) groups excluding carboxylic acids is 2. The standard InChI is InChI=1S/C12H11F2NO2/c13-8-1-2-11(14)10(7-8)12(17)15-5-3-9(16)4-6-15/h1-2,7H,3-6H2. The van der Waals surface area contributed by atoms with Gasteiger partial charge < -0.3 is 4.90 Å². The number of ketones is 1. The highest BCUT2D eigenvalue weighted by atomic mass is 19.1. The van der Waals surface area contributed by atoms with Crippen LogP contribution in [0.4, 0.5) is 8.78 Å². The van der Waals surface area contributed by atoms with Crippen molar-refractivity contribution < 1.29 is 18.4 Å². The molecular weight excluding hydrogens is 228 g/mol. The molecule has 3 nitrogen and oxygen atoms in total. The lowest BCUT2D eigenvalue weighted by atomic mass is 10.1. The Bertz CT molecular complexity index is 464. The summed E-state index contributed by atoms with van der Waals surface area (Å²) in [7, 11) is 0. The van der Waals surface area contributed by atoms with Crippen molar-refractivity contribution in [2.45, 2.75) is 12.8 Å². The number of amides is 1. The van der Waals surface area contributed by atoms with Gasteiger partial charge in [0.05, 0.1) is 5.56 Å². The van der Waals surface area contributed by atoms with Crippen molar-refractivity contribution in [3.8, 4) is 0 Å². The zero-order chi connectivity index (χ0) is 12.4. The van der Waals surface area contributed by atoms with Gasteiger partial charge >= 0.3 is 0 Å². The molecule has 1 fully saturated rings. The quantitative estimate of drug-likeness (QED) is 0.749. The Hall–Kier alpha value is -1.78. The second kappa shape index (κ2) is 4.61. The van der Waals surface area contributed by atoms with Crippen LogP contribution >= 0.6 is 0 Å². The first-order chi connectivity index (χ1) is 8.08. The molecule has 1 heterocycles. The highest BCUT2D eigenvalue weighted by Crippen LogP contribution is 2.15. The van der Waals surface area contributed by atoms with Gasteiger partial charge in [-0.1, -0.05) is 0 Å². The Labute approximate surface area is 97.0 Å². The van der Waals surface area contributed by atoms with E-state index in [0.29, 0.717) is 0 Å². The summed E-state index contributed by atoms with van der Waals surface area (Å²) in [6, 6.07) is 2.78. The van der Waals surface area contributed by atoms with Gasteiger partial charge in [0.1, 0.15) is 17.4 Å². The smallest absolute Gasteiger partial charge is 0.256 e. The van der Waals surface area contributed by atoms with Gasteiger partial charge in [0, 0.05) is 25.9 Å². The number of benzene rings is 1. The molecule has 0 aliphatic carbocycles. The fourth-order valence-electron chi connectivity index (χ4n) is 1.79. The summed E-state index contributed by atoms with van der Waals surface area (Å²) in [4.78, 5) is 24.3. The normalized spacial score (nSPS) is 16.1. The van der Waals surface area contributed by atoms with Gasteiger partial charge in [0.25, 0.3) is 5.91 Å². The third-order valence-electron chi connectivity index (χ3n) is 2.77. The first-order valence-corrected chi connectivity index (χ1v) is 5.34. The average molecular weight is 239 g/mol. The predicted molar refractivity (Wildman–Crippen MR) is 56.5 cm³/mol. The molecule has 17 heavy (non-hydrogen) atoms. The molecule has 0 N–H and O–H groups in total. The minimum absolute atomic E-state index is 0.0914. The van der Waals surface area contributed by atoms with Gasteiger partial charge in [0.2, 0.25) is 0 Å². The largest absolute Gasteiger partial charge is 0.338 e. The van der Waals surface area contributed by atoms with E-state index < -0.39 is 17.5 Å². The monoisotopic (exact) mass is 239 g/mol. The van der Waals surface area contributed by atoms with Gasteiger partial charge in [-0.2, -0.15) is 0 Å². The van der Waals surface area contributed by atoms with E-state index in [2.05, 4.69) is 0 Å². The van der Waals surface area contributed by atoms with Gasteiger partial charge in [-0.15, -0.1) is 0 Å². The van der Waals surface area contributed by atoms with Crippen LogP contribution in [0.25, 0.3) is 0 Å². The molecule has 1 aromatic carbocycles. The lowest BCUT2D eigenvalue weighted by Gasteiger charge is -2.26. The fourth-order valence-corrected chi connectivity index (χ4v) is 1.79. The Morgan fingerprint density at radius 2 is 1.82 bits per heavy atom. The number of Topliss-reactive ketones (excluding diaryl/α,β-unsaturated/α-hetero) is 1. The maximum absolute atomic E-state index is 13.4. The maximum Gasteiger partial charge on any atom is 0.256 e. The summed E-state index contributed by atoms with van der Waals surface area (Å²) < 4.78 is 26.3. The third kappa shape index (κ3) is 2.49. The van der Waals surface area contributed by atoms with Crippen LogP contribution in [0, 0.1) is 11.6 Å². The van der Waals surface area contributed by atoms with Gasteiger partial charge in [-0.25, -0.2) is 8.78 Å². The predicted octanol–water partition coefficient (Wildman–Crippen LogP) is 1.77. The lowest BCUT2D eigenvalue weighted by molar-refractivity contribution is -0.120. The minimum Gasteiger partial charge on any atom is -0.338 e. The lowest BCUT2D eigenvalue weighted by Crippen LogP contribution is -2.39. The summed E-state index contributed by atoms with van der Waals surface area (Å²) >= 11 is 0. The number of hydrogen-bond donors (Lipinski definition) is 0. The summed E-state index contributed by atoms with van der Waals surface area (Å²) in [5, 5.41) is 0. The topological polar surface area (TPSA) is 37.4 Å². The van der Waals surface area contributed by atoms with Crippen molar-refractivity contribution in [3.63, 3.8) is 0 Å². The molecule has 0 unspecified atom stereocenters. The van der Waals surface area contributed by atoms with Crippen molar-refractivity contribution >= 4 is 11.7 Å². The summed E-state index contributed by atoms with van der Waals surface area (Å²) in [6.45, 7) is 0.543. The fraction of sp³-hybridized carbons (Fsp3) is 0.333. The average Bonchev–Trinajstić information content (AvgIpc) is 2.32. The summed E-state index contributed by atoms with van der Waals surface area (Å²) in [5.74, 6) is -1.86. The zero-order valence-electron chi connectivity index (χ0n) is 9.08. The van der Waals surface area contributed by atoms with E-state index in [0.717, 1.165) is 18.2 Å². The second-order valence-electron chi connectivity index (χ2n) is 3.96. The van der Waals surface area contributed by atoms with Gasteiger partial charge in [0.15, 0.2) is 0 Å². The molecular formula is C12H11F2NO2. The Balaban J connectivity index is 2.19. The molecule has 2 rings (SSSR count). The molecule has 5 heteroatoms. The van der Waals surface area contributed by atoms with Crippen molar-refractivity contribution in [2.75, 3.05) is 13.1 Å². The van der Waals surface area contributed by atoms with Crippen LogP contribution in [0.2, 0.25) is 0 Å². The molecule has 90 valence electrons. The van der Waals surface area contributed by atoms with Crippen LogP contribution in [0.1, 0.15) is 23.2 Å². The first-order valence-electron chi connectivity index (χ1n) is 5.34. The number of rotatable bonds is 1. The number of hydrogen-bond acceptors (Lipinski definition) is 2. The van der Waals surface area contributed by atoms with E-state index in [4.69, 9.17) is 0 Å². The molecule has 1 aliphatic heterocycles. The molecule has 1 aliphatic rings. The SMILES string of the molecule is O=C1CCN(C(=O)c2cc(F)ccc2F)CC1. The van der Waals surface area contributed by atoms with Gasteiger partial charge in [-0.3, -0.25) is 9.59 Å². The van der Waals surface area contributed by atoms with Crippen molar-refractivity contribution in [3.05, 3.63) is 35.4 Å². The molecule has 1 aromatic rings. The van der Waals surface area contributed by atoms with Crippen LogP contribution in [-0.4, -0.2) is 29.7 Å². The van der Waals surface area contributed by atoms with Crippen LogP contribution in [0.15, 0.2) is 18.2 Å². The van der Waals surface area contributed by atoms with E-state index >= 15 is 0 Å². The van der Waals surface area contributed by atoms with Crippen LogP contribution in [0.3, 0.4) is 0 Å².